The highest BCUT2D eigenvalue weighted by Gasteiger charge is 2.26. The van der Waals surface area contributed by atoms with E-state index in [-0.39, 0.29) is 33.9 Å². The van der Waals surface area contributed by atoms with Crippen LogP contribution in [-0.2, 0) is 9.84 Å². The molecule has 0 bridgehead atoms. The Hall–Kier alpha value is -4.00. The van der Waals surface area contributed by atoms with Gasteiger partial charge in [-0.2, -0.15) is 0 Å². The summed E-state index contributed by atoms with van der Waals surface area (Å²) in [5.74, 6) is -0.756. The van der Waals surface area contributed by atoms with E-state index >= 15 is 0 Å². The summed E-state index contributed by atoms with van der Waals surface area (Å²) in [6.07, 6.45) is 1.06. The Labute approximate surface area is 175 Å². The van der Waals surface area contributed by atoms with Gasteiger partial charge in [0, 0.05) is 17.9 Å². The van der Waals surface area contributed by atoms with Crippen LogP contribution in [0.15, 0.2) is 45.7 Å². The number of benzene rings is 2. The summed E-state index contributed by atoms with van der Waals surface area (Å²) in [5, 5.41) is 21.1. The molecule has 1 amide bonds. The number of amides is 1. The van der Waals surface area contributed by atoms with Crippen LogP contribution in [0.5, 0.6) is 11.5 Å². The molecule has 0 saturated heterocycles. The molecule has 0 saturated carbocycles. The van der Waals surface area contributed by atoms with Crippen molar-refractivity contribution in [3.05, 3.63) is 52.1 Å². The minimum absolute atomic E-state index is 0.0507. The van der Waals surface area contributed by atoms with E-state index in [1.807, 2.05) is 0 Å². The van der Waals surface area contributed by atoms with Crippen molar-refractivity contribution in [3.8, 4) is 23.0 Å². The first-order valence-corrected chi connectivity index (χ1v) is 10.4. The van der Waals surface area contributed by atoms with Gasteiger partial charge in [0.1, 0.15) is 5.56 Å². The molecule has 3 rings (SSSR count). The quantitative estimate of drug-likeness (QED) is 0.419. The number of anilines is 1. The smallest absolute Gasteiger partial charge is 0.322 e. The van der Waals surface area contributed by atoms with Crippen LogP contribution in [0.25, 0.3) is 11.5 Å². The van der Waals surface area contributed by atoms with Crippen molar-refractivity contribution in [2.45, 2.75) is 4.90 Å². The number of carbonyl (C=O) groups is 1. The predicted molar refractivity (Wildman–Crippen MR) is 107 cm³/mol. The number of methoxy groups -OCH3 is 2. The summed E-state index contributed by atoms with van der Waals surface area (Å²) in [5.41, 5.74) is -0.523. The fourth-order valence-corrected chi connectivity index (χ4v) is 3.28. The third kappa shape index (κ3) is 4.61. The van der Waals surface area contributed by atoms with E-state index in [1.165, 1.54) is 32.4 Å². The topological polar surface area (TPSA) is 164 Å². The van der Waals surface area contributed by atoms with Gasteiger partial charge in [0.2, 0.25) is 5.89 Å². The van der Waals surface area contributed by atoms with E-state index < -0.39 is 26.4 Å². The summed E-state index contributed by atoms with van der Waals surface area (Å²) in [6, 6.07) is 7.67. The van der Waals surface area contributed by atoms with Gasteiger partial charge in [-0.25, -0.2) is 8.42 Å². The highest BCUT2D eigenvalue weighted by Crippen LogP contribution is 2.35. The van der Waals surface area contributed by atoms with E-state index in [9.17, 15) is 23.3 Å². The van der Waals surface area contributed by atoms with Crippen LogP contribution in [0.1, 0.15) is 10.4 Å². The van der Waals surface area contributed by atoms with E-state index in [4.69, 9.17) is 13.9 Å². The molecule has 1 heterocycles. The maximum Gasteiger partial charge on any atom is 0.322 e. The van der Waals surface area contributed by atoms with Crippen molar-refractivity contribution in [1.29, 1.82) is 0 Å². The number of hydrogen-bond acceptors (Lipinski definition) is 10. The average molecular weight is 448 g/mol. The van der Waals surface area contributed by atoms with Crippen LogP contribution in [-0.4, -0.2) is 49.9 Å². The highest BCUT2D eigenvalue weighted by molar-refractivity contribution is 7.90. The molecule has 0 aliphatic rings. The van der Waals surface area contributed by atoms with Crippen molar-refractivity contribution < 1.29 is 32.0 Å². The number of nitrogens with one attached hydrogen (secondary N) is 1. The fraction of sp³-hybridized carbons (Fsp3) is 0.167. The number of nitro groups is 1. The average Bonchev–Trinajstić information content (AvgIpc) is 3.20. The number of nitrogens with zero attached hydrogens (tertiary/aromatic N) is 3. The van der Waals surface area contributed by atoms with E-state index in [2.05, 4.69) is 15.5 Å². The molecule has 162 valence electrons. The van der Waals surface area contributed by atoms with Gasteiger partial charge >= 0.3 is 6.01 Å². The number of rotatable bonds is 7. The number of aromatic nitrogens is 2. The first kappa shape index (κ1) is 21.7. The molecule has 12 nitrogen and oxygen atoms in total. The SMILES string of the molecule is COc1cc(C(=O)Nc2nnc(-c3cccc(S(C)(=O)=O)c3)o2)c([N+](=O)[O-])cc1OC. The van der Waals surface area contributed by atoms with Gasteiger partial charge < -0.3 is 13.9 Å². The molecule has 13 heteroatoms. The minimum atomic E-state index is -3.45. The zero-order valence-corrected chi connectivity index (χ0v) is 17.3. The number of ether oxygens (including phenoxy) is 2. The number of sulfone groups is 1. The maximum absolute atomic E-state index is 12.6. The molecule has 0 aliphatic heterocycles. The lowest BCUT2D eigenvalue weighted by Gasteiger charge is -2.09. The second kappa shape index (κ2) is 8.39. The fourth-order valence-electron chi connectivity index (χ4n) is 2.62. The molecule has 3 aromatic rings. The lowest BCUT2D eigenvalue weighted by molar-refractivity contribution is -0.385. The van der Waals surface area contributed by atoms with Crippen LogP contribution in [0.4, 0.5) is 11.7 Å². The summed E-state index contributed by atoms with van der Waals surface area (Å²) >= 11 is 0. The summed E-state index contributed by atoms with van der Waals surface area (Å²) in [4.78, 5) is 23.3. The third-order valence-electron chi connectivity index (χ3n) is 4.10. The predicted octanol–water partition coefficient (Wildman–Crippen LogP) is 2.32. The van der Waals surface area contributed by atoms with Crippen LogP contribution >= 0.6 is 0 Å². The molecule has 1 N–H and O–H groups in total. The molecule has 0 unspecified atom stereocenters. The summed E-state index contributed by atoms with van der Waals surface area (Å²) < 4.78 is 38.9. The first-order valence-electron chi connectivity index (χ1n) is 8.49. The Morgan fingerprint density at radius 3 is 2.42 bits per heavy atom. The van der Waals surface area contributed by atoms with Crippen LogP contribution in [0.3, 0.4) is 0 Å². The number of nitro benzene ring substituents is 1. The van der Waals surface area contributed by atoms with Gasteiger partial charge in [-0.3, -0.25) is 20.2 Å². The Morgan fingerprint density at radius 2 is 1.81 bits per heavy atom. The Bertz CT molecular complexity index is 1270. The van der Waals surface area contributed by atoms with Crippen molar-refractivity contribution in [2.24, 2.45) is 0 Å². The molecule has 0 aliphatic carbocycles. The normalized spacial score (nSPS) is 11.1. The van der Waals surface area contributed by atoms with Gasteiger partial charge in [-0.05, 0) is 18.2 Å². The standard InChI is InChI=1S/C18H16N4O8S/c1-28-14-8-12(13(22(24)25)9-15(14)29-2)16(23)19-18-21-20-17(30-18)10-5-4-6-11(7-10)31(3,26)27/h4-9H,1-3H3,(H,19,21,23). The van der Waals surface area contributed by atoms with Crippen LogP contribution < -0.4 is 14.8 Å². The van der Waals surface area contributed by atoms with Crippen LogP contribution in [0, 0.1) is 10.1 Å². The number of carbonyl (C=O) groups excluding carboxylic acids is 1. The van der Waals surface area contributed by atoms with E-state index in [1.54, 1.807) is 6.07 Å². The minimum Gasteiger partial charge on any atom is -0.493 e. The Morgan fingerprint density at radius 1 is 1.13 bits per heavy atom. The highest BCUT2D eigenvalue weighted by atomic mass is 32.2. The zero-order valence-electron chi connectivity index (χ0n) is 16.5. The van der Waals surface area contributed by atoms with Gasteiger partial charge in [0.25, 0.3) is 11.6 Å². The molecule has 0 fully saturated rings. The zero-order chi connectivity index (χ0) is 22.8. The number of hydrogen-bond donors (Lipinski definition) is 1. The van der Waals surface area contributed by atoms with Crippen molar-refractivity contribution in [2.75, 3.05) is 25.8 Å². The first-order chi connectivity index (χ1) is 14.6. The van der Waals surface area contributed by atoms with Crippen LogP contribution in [0.2, 0.25) is 0 Å². The second-order valence-electron chi connectivity index (χ2n) is 6.15. The lowest BCUT2D eigenvalue weighted by atomic mass is 10.1. The Kier molecular flexibility index (Phi) is 5.88. The molecule has 31 heavy (non-hydrogen) atoms. The molecular formula is C18H16N4O8S. The van der Waals surface area contributed by atoms with Gasteiger partial charge in [0.15, 0.2) is 21.3 Å². The third-order valence-corrected chi connectivity index (χ3v) is 5.21. The summed E-state index contributed by atoms with van der Waals surface area (Å²) in [6.45, 7) is 0. The Balaban J connectivity index is 1.91. The second-order valence-corrected chi connectivity index (χ2v) is 8.16. The largest absolute Gasteiger partial charge is 0.493 e. The lowest BCUT2D eigenvalue weighted by Crippen LogP contribution is -2.14. The molecule has 0 radical (unpaired) electrons. The molecular weight excluding hydrogens is 432 g/mol. The van der Waals surface area contributed by atoms with Crippen molar-refractivity contribution >= 4 is 27.4 Å². The maximum atomic E-state index is 12.6. The molecule has 2 aromatic carbocycles. The van der Waals surface area contributed by atoms with Gasteiger partial charge in [0.05, 0.1) is 30.1 Å². The molecule has 0 atom stereocenters. The molecule has 1 aromatic heterocycles. The van der Waals surface area contributed by atoms with Gasteiger partial charge in [-0.15, -0.1) is 5.10 Å². The van der Waals surface area contributed by atoms with Crippen molar-refractivity contribution in [3.63, 3.8) is 0 Å². The molecule has 0 spiro atoms. The van der Waals surface area contributed by atoms with Gasteiger partial charge in [-0.1, -0.05) is 11.2 Å². The van der Waals surface area contributed by atoms with E-state index in [0.29, 0.717) is 5.56 Å². The van der Waals surface area contributed by atoms with E-state index in [0.717, 1.165) is 18.4 Å². The summed E-state index contributed by atoms with van der Waals surface area (Å²) in [7, 11) is -0.827. The van der Waals surface area contributed by atoms with Crippen molar-refractivity contribution in [1.82, 2.24) is 10.2 Å². The monoisotopic (exact) mass is 448 g/mol.